The molecule has 0 aliphatic heterocycles. The third-order valence-corrected chi connectivity index (χ3v) is 4.49. The number of hydrogen-bond donors (Lipinski definition) is 1. The number of carbonyl (C=O) groups excluding carboxylic acids is 2. The van der Waals surface area contributed by atoms with Gasteiger partial charge in [-0.3, -0.25) is 4.79 Å². The van der Waals surface area contributed by atoms with Crippen LogP contribution in [0.4, 0.5) is 0 Å². The summed E-state index contributed by atoms with van der Waals surface area (Å²) in [5, 5.41) is 2.98. The van der Waals surface area contributed by atoms with Crippen molar-refractivity contribution >= 4 is 11.9 Å². The second-order valence-electron chi connectivity index (χ2n) is 6.52. The summed E-state index contributed by atoms with van der Waals surface area (Å²) in [5.74, 6) is 0.377. The highest BCUT2D eigenvalue weighted by Crippen LogP contribution is 2.41. The molecule has 1 saturated carbocycles. The molecule has 28 heavy (non-hydrogen) atoms. The predicted octanol–water partition coefficient (Wildman–Crippen LogP) is 2.91. The Morgan fingerprint density at radius 1 is 1.21 bits per heavy atom. The Bertz CT molecular complexity index is 818. The van der Waals surface area contributed by atoms with E-state index >= 15 is 0 Å². The Morgan fingerprint density at radius 2 is 1.96 bits per heavy atom. The summed E-state index contributed by atoms with van der Waals surface area (Å²) in [4.78, 5) is 28.7. The van der Waals surface area contributed by atoms with Gasteiger partial charge in [0.15, 0.2) is 6.61 Å². The van der Waals surface area contributed by atoms with Crippen molar-refractivity contribution in [2.75, 3.05) is 20.3 Å². The van der Waals surface area contributed by atoms with E-state index in [1.807, 2.05) is 24.3 Å². The highest BCUT2D eigenvalue weighted by Gasteiger charge is 2.33. The quantitative estimate of drug-likeness (QED) is 0.669. The van der Waals surface area contributed by atoms with E-state index < -0.39 is 5.97 Å². The third-order valence-electron chi connectivity index (χ3n) is 4.49. The number of ether oxygens (including phenoxy) is 3. The van der Waals surface area contributed by atoms with Crippen molar-refractivity contribution in [2.45, 2.75) is 25.8 Å². The highest BCUT2D eigenvalue weighted by molar-refractivity contribution is 5.93. The number of aromatic nitrogens is 1. The largest absolute Gasteiger partial charge is 0.497 e. The van der Waals surface area contributed by atoms with E-state index in [4.69, 9.17) is 14.2 Å². The lowest BCUT2D eigenvalue weighted by Crippen LogP contribution is -2.33. The van der Waals surface area contributed by atoms with Gasteiger partial charge in [0.25, 0.3) is 5.91 Å². The molecule has 1 atom stereocenters. The predicted molar refractivity (Wildman–Crippen MR) is 102 cm³/mol. The van der Waals surface area contributed by atoms with Crippen molar-refractivity contribution in [3.8, 4) is 11.6 Å². The van der Waals surface area contributed by atoms with Gasteiger partial charge in [-0.2, -0.15) is 0 Å². The van der Waals surface area contributed by atoms with Crippen LogP contribution in [0.1, 0.15) is 41.7 Å². The zero-order chi connectivity index (χ0) is 19.9. The number of amides is 1. The van der Waals surface area contributed by atoms with Crippen molar-refractivity contribution in [2.24, 2.45) is 5.92 Å². The Balaban J connectivity index is 1.58. The van der Waals surface area contributed by atoms with Crippen molar-refractivity contribution < 1.29 is 23.8 Å². The maximum atomic E-state index is 12.4. The molecule has 3 rings (SSSR count). The van der Waals surface area contributed by atoms with E-state index in [0.29, 0.717) is 12.5 Å². The zero-order valence-corrected chi connectivity index (χ0v) is 16.0. The third kappa shape index (κ3) is 5.00. The lowest BCUT2D eigenvalue weighted by Gasteiger charge is -2.19. The number of carbonyl (C=O) groups is 2. The summed E-state index contributed by atoms with van der Waals surface area (Å²) in [5.41, 5.74) is 1.21. The number of pyridine rings is 1. The average molecular weight is 384 g/mol. The van der Waals surface area contributed by atoms with Gasteiger partial charge in [-0.1, -0.05) is 12.1 Å². The molecule has 0 radical (unpaired) electrons. The summed E-state index contributed by atoms with van der Waals surface area (Å²) in [6.07, 6.45) is 3.65. The molecule has 148 valence electrons. The van der Waals surface area contributed by atoms with Crippen LogP contribution >= 0.6 is 0 Å². The molecular formula is C21H24N2O5. The summed E-state index contributed by atoms with van der Waals surface area (Å²) in [6, 6.07) is 10.7. The Labute approximate surface area is 164 Å². The maximum Gasteiger partial charge on any atom is 0.344 e. The van der Waals surface area contributed by atoms with Crippen LogP contribution in [-0.2, 0) is 9.53 Å². The number of nitrogens with one attached hydrogen (secondary N) is 1. The van der Waals surface area contributed by atoms with E-state index in [0.717, 1.165) is 24.2 Å². The summed E-state index contributed by atoms with van der Waals surface area (Å²) in [7, 11) is 1.61. The second kappa shape index (κ2) is 9.21. The van der Waals surface area contributed by atoms with Crippen LogP contribution in [0.15, 0.2) is 42.6 Å². The molecule has 1 aromatic heterocycles. The minimum absolute atomic E-state index is 0.102. The molecule has 1 aromatic carbocycles. The van der Waals surface area contributed by atoms with Gasteiger partial charge in [0.05, 0.1) is 19.8 Å². The number of esters is 1. The normalized spacial score (nSPS) is 14.1. The molecule has 1 unspecified atom stereocenters. The number of benzene rings is 1. The molecule has 1 aliphatic carbocycles. The fraction of sp³-hybridized carbons (Fsp3) is 0.381. The van der Waals surface area contributed by atoms with Gasteiger partial charge < -0.3 is 19.5 Å². The van der Waals surface area contributed by atoms with Crippen LogP contribution < -0.4 is 14.8 Å². The molecule has 1 aliphatic rings. The van der Waals surface area contributed by atoms with Gasteiger partial charge >= 0.3 is 5.97 Å². The highest BCUT2D eigenvalue weighted by atomic mass is 16.5. The van der Waals surface area contributed by atoms with Gasteiger partial charge in [-0.25, -0.2) is 9.78 Å². The maximum absolute atomic E-state index is 12.4. The Kier molecular flexibility index (Phi) is 6.47. The molecule has 0 bridgehead atoms. The topological polar surface area (TPSA) is 86.8 Å². The first kappa shape index (κ1) is 19.7. The molecule has 1 N–H and O–H groups in total. The number of methoxy groups -OCH3 is 1. The summed E-state index contributed by atoms with van der Waals surface area (Å²) < 4.78 is 15.7. The molecular weight excluding hydrogens is 360 g/mol. The average Bonchev–Trinajstić information content (AvgIpc) is 3.56. The summed E-state index contributed by atoms with van der Waals surface area (Å²) in [6.45, 7) is 1.82. The van der Waals surface area contributed by atoms with Crippen LogP contribution in [-0.4, -0.2) is 37.2 Å². The summed E-state index contributed by atoms with van der Waals surface area (Å²) >= 11 is 0. The van der Waals surface area contributed by atoms with Crippen LogP contribution in [0.25, 0.3) is 0 Å². The monoisotopic (exact) mass is 384 g/mol. The standard InChI is InChI=1S/C21H24N2O5/c1-3-27-20-17(5-4-12-22-20)21(25)28-13-18(24)23-19(14-6-7-14)15-8-10-16(26-2)11-9-15/h4-5,8-12,14,19H,3,6-7,13H2,1-2H3,(H,23,24). The van der Waals surface area contributed by atoms with Crippen LogP contribution in [0.3, 0.4) is 0 Å². The Morgan fingerprint density at radius 3 is 2.61 bits per heavy atom. The first-order valence-corrected chi connectivity index (χ1v) is 9.30. The van der Waals surface area contributed by atoms with Gasteiger partial charge in [0, 0.05) is 6.20 Å². The van der Waals surface area contributed by atoms with E-state index in [-0.39, 0.29) is 30.0 Å². The molecule has 1 amide bonds. The molecule has 1 heterocycles. The van der Waals surface area contributed by atoms with E-state index in [1.54, 1.807) is 26.2 Å². The lowest BCUT2D eigenvalue weighted by atomic mass is 10.0. The molecule has 7 nitrogen and oxygen atoms in total. The number of rotatable bonds is 9. The SMILES string of the molecule is CCOc1ncccc1C(=O)OCC(=O)NC(c1ccc(OC)cc1)C1CC1. The first-order valence-electron chi connectivity index (χ1n) is 9.30. The molecule has 7 heteroatoms. The minimum Gasteiger partial charge on any atom is -0.497 e. The minimum atomic E-state index is -0.640. The van der Waals surface area contributed by atoms with Crippen LogP contribution in [0, 0.1) is 5.92 Å². The van der Waals surface area contributed by atoms with Crippen molar-refractivity contribution in [3.05, 3.63) is 53.7 Å². The van der Waals surface area contributed by atoms with Gasteiger partial charge in [-0.05, 0) is 55.5 Å². The first-order chi connectivity index (χ1) is 13.6. The van der Waals surface area contributed by atoms with E-state index in [2.05, 4.69) is 10.3 Å². The Hall–Kier alpha value is -3.09. The number of nitrogens with zero attached hydrogens (tertiary/aromatic N) is 1. The molecule has 0 saturated heterocycles. The smallest absolute Gasteiger partial charge is 0.344 e. The van der Waals surface area contributed by atoms with E-state index in [1.165, 1.54) is 6.20 Å². The van der Waals surface area contributed by atoms with Gasteiger partial charge in [-0.15, -0.1) is 0 Å². The number of hydrogen-bond acceptors (Lipinski definition) is 6. The fourth-order valence-electron chi connectivity index (χ4n) is 2.94. The molecule has 1 fully saturated rings. The fourth-order valence-corrected chi connectivity index (χ4v) is 2.94. The van der Waals surface area contributed by atoms with Gasteiger partial charge in [0.1, 0.15) is 11.3 Å². The van der Waals surface area contributed by atoms with Crippen LogP contribution in [0.2, 0.25) is 0 Å². The lowest BCUT2D eigenvalue weighted by molar-refractivity contribution is -0.125. The van der Waals surface area contributed by atoms with Crippen molar-refractivity contribution in [1.82, 2.24) is 10.3 Å². The van der Waals surface area contributed by atoms with Crippen molar-refractivity contribution in [1.29, 1.82) is 0 Å². The molecule has 0 spiro atoms. The zero-order valence-electron chi connectivity index (χ0n) is 16.0. The van der Waals surface area contributed by atoms with E-state index in [9.17, 15) is 9.59 Å². The van der Waals surface area contributed by atoms with Crippen LogP contribution in [0.5, 0.6) is 11.6 Å². The van der Waals surface area contributed by atoms with Crippen molar-refractivity contribution in [3.63, 3.8) is 0 Å². The van der Waals surface area contributed by atoms with Gasteiger partial charge in [0.2, 0.25) is 5.88 Å². The second-order valence-corrected chi connectivity index (χ2v) is 6.52. The molecule has 2 aromatic rings.